The summed E-state index contributed by atoms with van der Waals surface area (Å²) >= 11 is 6.36. The molecule has 3 atom stereocenters. The number of hydrogen-bond acceptors (Lipinski definition) is 3. The smallest absolute Gasteiger partial charge is 0.239 e. The molecule has 2 aliphatic carbocycles. The fourth-order valence-corrected chi connectivity index (χ4v) is 7.67. The van der Waals surface area contributed by atoms with E-state index < -0.39 is 0 Å². The van der Waals surface area contributed by atoms with Crippen LogP contribution < -0.4 is 0 Å². The number of carbonyl (C=O) groups excluding carboxylic acids is 2. The lowest BCUT2D eigenvalue weighted by Crippen LogP contribution is -2.52. The Morgan fingerprint density at radius 1 is 0.719 bits per heavy atom. The van der Waals surface area contributed by atoms with E-state index in [-0.39, 0.29) is 12.0 Å². The van der Waals surface area contributed by atoms with Gasteiger partial charge in [0.05, 0.1) is 6.04 Å². The van der Waals surface area contributed by atoms with E-state index >= 15 is 0 Å². The maximum Gasteiger partial charge on any atom is 0.239 e. The van der Waals surface area contributed by atoms with Crippen molar-refractivity contribution in [3.8, 4) is 0 Å². The van der Waals surface area contributed by atoms with Crippen molar-refractivity contribution in [2.24, 2.45) is 17.8 Å². The molecule has 0 radical (unpaired) electrons. The molecule has 3 saturated heterocycles. The molecule has 2 amide bonds. The van der Waals surface area contributed by atoms with Gasteiger partial charge in [-0.15, -0.1) is 11.6 Å². The second-order valence-electron chi connectivity index (χ2n) is 11.3. The number of likely N-dealkylation sites (tertiary alicyclic amines) is 3. The van der Waals surface area contributed by atoms with Gasteiger partial charge < -0.3 is 9.80 Å². The van der Waals surface area contributed by atoms with Gasteiger partial charge in [0, 0.05) is 50.1 Å². The third-order valence-corrected chi connectivity index (χ3v) is 9.76. The molecule has 0 aromatic carbocycles. The summed E-state index contributed by atoms with van der Waals surface area (Å²) in [5, 5.41) is 0.356. The quantitative estimate of drug-likeness (QED) is 0.584. The third kappa shape index (κ3) is 4.85. The van der Waals surface area contributed by atoms with Gasteiger partial charge in [-0.3, -0.25) is 14.5 Å². The first-order valence-corrected chi connectivity index (χ1v) is 14.0. The minimum absolute atomic E-state index is 0.0719. The Balaban J connectivity index is 1.21. The standard InChI is InChI=1S/C26H42ClN3O2/c27-22-9-7-19(8-10-22)18-30-23-6-2-1-5-21(23)17-24(30)26(32)29-15-11-20(12-16-29)25(31)28-13-3-4-14-28/h19-24H,1-18H2. The van der Waals surface area contributed by atoms with Gasteiger partial charge in [0.15, 0.2) is 0 Å². The Kier molecular flexibility index (Phi) is 7.33. The van der Waals surface area contributed by atoms with Crippen LogP contribution in [0.15, 0.2) is 0 Å². The van der Waals surface area contributed by atoms with Crippen LogP contribution in [-0.2, 0) is 9.59 Å². The molecule has 3 heterocycles. The van der Waals surface area contributed by atoms with Gasteiger partial charge in [-0.05, 0) is 82.5 Å². The summed E-state index contributed by atoms with van der Waals surface area (Å²) in [6.45, 7) is 4.48. The topological polar surface area (TPSA) is 43.9 Å². The molecular weight excluding hydrogens is 422 g/mol. The van der Waals surface area contributed by atoms with E-state index in [4.69, 9.17) is 11.6 Å². The average molecular weight is 464 g/mol. The van der Waals surface area contributed by atoms with Gasteiger partial charge in [-0.1, -0.05) is 12.8 Å². The van der Waals surface area contributed by atoms with Crippen molar-refractivity contribution in [1.29, 1.82) is 0 Å². The van der Waals surface area contributed by atoms with Crippen LogP contribution in [0.5, 0.6) is 0 Å². The molecule has 5 fully saturated rings. The van der Waals surface area contributed by atoms with E-state index in [2.05, 4.69) is 14.7 Å². The second-order valence-corrected chi connectivity index (χ2v) is 11.9. The molecule has 5 nitrogen and oxygen atoms in total. The summed E-state index contributed by atoms with van der Waals surface area (Å²) < 4.78 is 0. The second kappa shape index (κ2) is 10.2. The fraction of sp³-hybridized carbons (Fsp3) is 0.923. The summed E-state index contributed by atoms with van der Waals surface area (Å²) in [7, 11) is 0. The van der Waals surface area contributed by atoms with E-state index in [0.29, 0.717) is 35.1 Å². The highest BCUT2D eigenvalue weighted by atomic mass is 35.5. The molecule has 3 aliphatic heterocycles. The summed E-state index contributed by atoms with van der Waals surface area (Å²) in [4.78, 5) is 33.4. The van der Waals surface area contributed by atoms with Crippen LogP contribution in [0, 0.1) is 17.8 Å². The van der Waals surface area contributed by atoms with Crippen LogP contribution in [0.3, 0.4) is 0 Å². The molecule has 0 spiro atoms. The fourth-order valence-electron chi connectivity index (χ4n) is 7.41. The summed E-state index contributed by atoms with van der Waals surface area (Å²) in [6, 6.07) is 0.684. The van der Waals surface area contributed by atoms with Crippen LogP contribution in [0.2, 0.25) is 0 Å². The Morgan fingerprint density at radius 3 is 2.09 bits per heavy atom. The van der Waals surface area contributed by atoms with Gasteiger partial charge in [0.1, 0.15) is 0 Å². The number of amides is 2. The van der Waals surface area contributed by atoms with E-state index in [9.17, 15) is 9.59 Å². The predicted molar refractivity (Wildman–Crippen MR) is 128 cm³/mol. The molecule has 5 rings (SSSR count). The minimum atomic E-state index is 0.0719. The average Bonchev–Trinajstić information content (AvgIpc) is 3.49. The molecule has 6 heteroatoms. The number of rotatable bonds is 4. The lowest BCUT2D eigenvalue weighted by Gasteiger charge is -2.39. The first-order chi connectivity index (χ1) is 15.6. The molecule has 0 bridgehead atoms. The van der Waals surface area contributed by atoms with Crippen LogP contribution in [0.1, 0.15) is 83.5 Å². The van der Waals surface area contributed by atoms with Crippen LogP contribution in [0.25, 0.3) is 0 Å². The number of carbonyl (C=O) groups is 2. The lowest BCUT2D eigenvalue weighted by atomic mass is 9.84. The number of halogens is 1. The van der Waals surface area contributed by atoms with Crippen molar-refractivity contribution in [2.75, 3.05) is 32.7 Å². The summed E-state index contributed by atoms with van der Waals surface area (Å²) in [5.74, 6) is 2.24. The summed E-state index contributed by atoms with van der Waals surface area (Å²) in [5.41, 5.74) is 0. The molecule has 2 saturated carbocycles. The summed E-state index contributed by atoms with van der Waals surface area (Å²) in [6.07, 6.45) is 15.0. The zero-order chi connectivity index (χ0) is 22.1. The van der Waals surface area contributed by atoms with Crippen molar-refractivity contribution in [2.45, 2.75) is 101 Å². The monoisotopic (exact) mass is 463 g/mol. The highest BCUT2D eigenvalue weighted by molar-refractivity contribution is 6.20. The van der Waals surface area contributed by atoms with Gasteiger partial charge in [-0.25, -0.2) is 0 Å². The van der Waals surface area contributed by atoms with Gasteiger partial charge in [0.2, 0.25) is 11.8 Å². The van der Waals surface area contributed by atoms with Gasteiger partial charge >= 0.3 is 0 Å². The molecule has 0 N–H and O–H groups in total. The maximum atomic E-state index is 13.7. The molecule has 5 aliphatic rings. The number of nitrogens with zero attached hydrogens (tertiary/aromatic N) is 3. The Hall–Kier alpha value is -0.810. The third-order valence-electron chi connectivity index (χ3n) is 9.33. The first-order valence-electron chi connectivity index (χ1n) is 13.6. The molecule has 0 aromatic rings. The van der Waals surface area contributed by atoms with E-state index in [0.717, 1.165) is 77.7 Å². The number of piperidine rings is 1. The first kappa shape index (κ1) is 23.0. The Labute approximate surface area is 199 Å². The van der Waals surface area contributed by atoms with Crippen molar-refractivity contribution >= 4 is 23.4 Å². The zero-order valence-corrected chi connectivity index (χ0v) is 20.5. The molecule has 32 heavy (non-hydrogen) atoms. The van der Waals surface area contributed by atoms with Crippen LogP contribution in [-0.4, -0.2) is 76.7 Å². The van der Waals surface area contributed by atoms with E-state index in [1.54, 1.807) is 0 Å². The zero-order valence-electron chi connectivity index (χ0n) is 19.7. The Morgan fingerprint density at radius 2 is 1.38 bits per heavy atom. The van der Waals surface area contributed by atoms with Crippen molar-refractivity contribution in [1.82, 2.24) is 14.7 Å². The Bertz CT molecular complexity index is 666. The predicted octanol–water partition coefficient (Wildman–Crippen LogP) is 4.28. The highest BCUT2D eigenvalue weighted by Crippen LogP contribution is 2.42. The molecular formula is C26H42ClN3O2. The number of hydrogen-bond donors (Lipinski definition) is 0. The van der Waals surface area contributed by atoms with Crippen molar-refractivity contribution in [3.63, 3.8) is 0 Å². The number of fused-ring (bicyclic) bond motifs is 1. The number of alkyl halides is 1. The largest absolute Gasteiger partial charge is 0.342 e. The van der Waals surface area contributed by atoms with E-state index in [1.807, 2.05) is 0 Å². The normalized spacial score (nSPS) is 37.0. The van der Waals surface area contributed by atoms with Crippen LogP contribution >= 0.6 is 11.6 Å². The van der Waals surface area contributed by atoms with Gasteiger partial charge in [0.25, 0.3) is 0 Å². The lowest BCUT2D eigenvalue weighted by molar-refractivity contribution is -0.142. The maximum absolute atomic E-state index is 13.7. The van der Waals surface area contributed by atoms with Gasteiger partial charge in [-0.2, -0.15) is 0 Å². The molecule has 0 aromatic heterocycles. The van der Waals surface area contributed by atoms with Crippen molar-refractivity contribution < 1.29 is 9.59 Å². The minimum Gasteiger partial charge on any atom is -0.342 e. The van der Waals surface area contributed by atoms with Crippen molar-refractivity contribution in [3.05, 3.63) is 0 Å². The van der Waals surface area contributed by atoms with E-state index in [1.165, 1.54) is 38.5 Å². The molecule has 3 unspecified atom stereocenters. The SMILES string of the molecule is O=C(C1CCN(C(=O)C2CC3CCCCC3N2CC2CCC(Cl)CC2)CC1)N1CCCC1. The molecule has 180 valence electrons. The van der Waals surface area contributed by atoms with Crippen LogP contribution in [0.4, 0.5) is 0 Å². The highest BCUT2D eigenvalue weighted by Gasteiger charge is 2.47.